The molecule has 160 valence electrons. The summed E-state index contributed by atoms with van der Waals surface area (Å²) in [5.41, 5.74) is 1.76. The molecular weight excluding hydrogens is 394 g/mol. The average molecular weight is 426 g/mol. The van der Waals surface area contributed by atoms with Crippen LogP contribution in [-0.4, -0.2) is 40.3 Å². The van der Waals surface area contributed by atoms with E-state index >= 15 is 0 Å². The van der Waals surface area contributed by atoms with Crippen LogP contribution in [0.15, 0.2) is 35.7 Å². The highest BCUT2D eigenvalue weighted by Crippen LogP contribution is 2.40. The molecule has 30 heavy (non-hydrogen) atoms. The Balaban J connectivity index is 1.35. The average Bonchev–Trinajstić information content (AvgIpc) is 3.37. The number of benzene rings is 1. The molecule has 2 aromatic rings. The van der Waals surface area contributed by atoms with Crippen molar-refractivity contribution in [1.82, 2.24) is 15.2 Å². The van der Waals surface area contributed by atoms with E-state index in [9.17, 15) is 9.59 Å². The molecule has 1 saturated carbocycles. The second-order valence-corrected chi connectivity index (χ2v) is 9.52. The van der Waals surface area contributed by atoms with Crippen molar-refractivity contribution in [3.8, 4) is 0 Å². The van der Waals surface area contributed by atoms with E-state index in [2.05, 4.69) is 15.7 Å². The van der Waals surface area contributed by atoms with Crippen LogP contribution in [0.5, 0.6) is 0 Å². The number of nitrogens with one attached hydrogen (secondary N) is 1. The molecule has 1 aromatic carbocycles. The van der Waals surface area contributed by atoms with E-state index in [1.54, 1.807) is 11.3 Å². The van der Waals surface area contributed by atoms with Crippen molar-refractivity contribution in [2.75, 3.05) is 6.54 Å². The fraction of sp³-hybridized carbons (Fsp3) is 0.542. The van der Waals surface area contributed by atoms with Gasteiger partial charge in [0, 0.05) is 29.2 Å². The highest BCUT2D eigenvalue weighted by Gasteiger charge is 2.47. The van der Waals surface area contributed by atoms with Crippen molar-refractivity contribution >= 4 is 23.2 Å². The van der Waals surface area contributed by atoms with E-state index in [4.69, 9.17) is 0 Å². The first kappa shape index (κ1) is 21.0. The highest BCUT2D eigenvalue weighted by atomic mass is 32.1. The third-order valence-corrected chi connectivity index (χ3v) is 7.46. The van der Waals surface area contributed by atoms with Crippen molar-refractivity contribution in [1.29, 1.82) is 0 Å². The molecule has 1 saturated heterocycles. The molecule has 2 amide bonds. The second kappa shape index (κ2) is 9.73. The Bertz CT molecular complexity index is 866. The quantitative estimate of drug-likeness (QED) is 0.670. The Morgan fingerprint density at radius 3 is 2.73 bits per heavy atom. The van der Waals surface area contributed by atoms with Crippen LogP contribution in [0, 0.1) is 12.8 Å². The number of carbonyl (C=O) groups is 2. The molecule has 1 aliphatic heterocycles. The molecule has 6 heteroatoms. The van der Waals surface area contributed by atoms with Gasteiger partial charge in [-0.2, -0.15) is 0 Å². The standard InChI is InChI=1S/C24H31N3O2S/c1-17-16-30-22(26-17)13-7-8-14-25-23(28)21-15-19-11-5-6-12-20(19)27(21)24(29)18-9-3-2-4-10-18/h2-4,9-10,16,19-21H,5-8,11-15H2,1H3,(H,25,28). The normalized spacial score (nSPS) is 23.2. The Morgan fingerprint density at radius 2 is 1.97 bits per heavy atom. The summed E-state index contributed by atoms with van der Waals surface area (Å²) in [5, 5.41) is 6.36. The van der Waals surface area contributed by atoms with Gasteiger partial charge >= 0.3 is 0 Å². The molecule has 0 bridgehead atoms. The van der Waals surface area contributed by atoms with E-state index in [0.29, 0.717) is 18.0 Å². The topological polar surface area (TPSA) is 62.3 Å². The van der Waals surface area contributed by atoms with Gasteiger partial charge in [0.15, 0.2) is 0 Å². The van der Waals surface area contributed by atoms with Crippen LogP contribution >= 0.6 is 11.3 Å². The minimum absolute atomic E-state index is 0.00397. The highest BCUT2D eigenvalue weighted by molar-refractivity contribution is 7.09. The molecule has 1 aliphatic carbocycles. The number of amides is 2. The Hall–Kier alpha value is -2.21. The number of hydrogen-bond acceptors (Lipinski definition) is 4. The van der Waals surface area contributed by atoms with Gasteiger partial charge in [0.1, 0.15) is 6.04 Å². The molecule has 3 atom stereocenters. The Morgan fingerprint density at radius 1 is 1.17 bits per heavy atom. The van der Waals surface area contributed by atoms with E-state index in [1.165, 1.54) is 11.4 Å². The molecular formula is C24H31N3O2S. The van der Waals surface area contributed by atoms with Crippen LogP contribution in [-0.2, 0) is 11.2 Å². The van der Waals surface area contributed by atoms with Crippen molar-refractivity contribution in [2.24, 2.45) is 5.92 Å². The van der Waals surface area contributed by atoms with Gasteiger partial charge in [0.05, 0.1) is 5.01 Å². The number of aromatic nitrogens is 1. The minimum atomic E-state index is -0.340. The summed E-state index contributed by atoms with van der Waals surface area (Å²) < 4.78 is 0. The molecule has 2 aliphatic rings. The fourth-order valence-electron chi connectivity index (χ4n) is 4.96. The summed E-state index contributed by atoms with van der Waals surface area (Å²) >= 11 is 1.70. The first-order valence-electron chi connectivity index (χ1n) is 11.2. The van der Waals surface area contributed by atoms with Crippen molar-refractivity contribution < 1.29 is 9.59 Å². The predicted octanol–water partition coefficient (Wildman–Crippen LogP) is 4.36. The van der Waals surface area contributed by atoms with Crippen LogP contribution in [0.25, 0.3) is 0 Å². The lowest BCUT2D eigenvalue weighted by Crippen LogP contribution is -2.49. The van der Waals surface area contributed by atoms with Gasteiger partial charge in [-0.25, -0.2) is 4.98 Å². The van der Waals surface area contributed by atoms with Gasteiger partial charge < -0.3 is 10.2 Å². The van der Waals surface area contributed by atoms with Gasteiger partial charge in [-0.1, -0.05) is 31.0 Å². The fourth-order valence-corrected chi connectivity index (χ4v) is 5.78. The van der Waals surface area contributed by atoms with Crippen molar-refractivity contribution in [2.45, 2.75) is 70.4 Å². The summed E-state index contributed by atoms with van der Waals surface area (Å²) in [6.07, 6.45) is 8.18. The lowest BCUT2D eigenvalue weighted by atomic mass is 9.84. The van der Waals surface area contributed by atoms with E-state index < -0.39 is 0 Å². The number of unbranched alkanes of at least 4 members (excludes halogenated alkanes) is 1. The molecule has 3 unspecified atom stereocenters. The van der Waals surface area contributed by atoms with Gasteiger partial charge in [0.2, 0.25) is 5.91 Å². The van der Waals surface area contributed by atoms with Crippen LogP contribution in [0.4, 0.5) is 0 Å². The Kier molecular flexibility index (Phi) is 6.82. The van der Waals surface area contributed by atoms with Crippen molar-refractivity contribution in [3.63, 3.8) is 0 Å². The zero-order chi connectivity index (χ0) is 20.9. The summed E-state index contributed by atoms with van der Waals surface area (Å²) in [6, 6.07) is 9.27. The molecule has 0 radical (unpaired) electrons. The zero-order valence-corrected chi connectivity index (χ0v) is 18.5. The number of nitrogens with zero attached hydrogens (tertiary/aromatic N) is 2. The maximum Gasteiger partial charge on any atom is 0.254 e. The van der Waals surface area contributed by atoms with E-state index in [0.717, 1.165) is 50.6 Å². The molecule has 5 nitrogen and oxygen atoms in total. The van der Waals surface area contributed by atoms with Crippen LogP contribution in [0.3, 0.4) is 0 Å². The van der Waals surface area contributed by atoms with E-state index in [1.807, 2.05) is 42.2 Å². The minimum Gasteiger partial charge on any atom is -0.354 e. The van der Waals surface area contributed by atoms with Gasteiger partial charge in [-0.3, -0.25) is 9.59 Å². The third kappa shape index (κ3) is 4.75. The number of aryl methyl sites for hydroxylation is 2. The summed E-state index contributed by atoms with van der Waals surface area (Å²) in [4.78, 5) is 32.8. The molecule has 4 rings (SSSR count). The molecule has 2 fully saturated rings. The monoisotopic (exact) mass is 425 g/mol. The van der Waals surface area contributed by atoms with E-state index in [-0.39, 0.29) is 23.9 Å². The maximum absolute atomic E-state index is 13.3. The number of hydrogen-bond donors (Lipinski definition) is 1. The van der Waals surface area contributed by atoms with Gasteiger partial charge in [-0.15, -0.1) is 11.3 Å². The van der Waals surface area contributed by atoms with Crippen LogP contribution in [0.2, 0.25) is 0 Å². The first-order chi connectivity index (χ1) is 14.6. The number of carbonyl (C=O) groups excluding carboxylic acids is 2. The predicted molar refractivity (Wildman–Crippen MR) is 120 cm³/mol. The van der Waals surface area contributed by atoms with Gasteiger partial charge in [-0.05, 0) is 63.5 Å². The SMILES string of the molecule is Cc1csc(CCCCNC(=O)C2CC3CCCCC3N2C(=O)c2ccccc2)n1. The summed E-state index contributed by atoms with van der Waals surface area (Å²) in [5.74, 6) is 0.471. The number of rotatable bonds is 7. The lowest BCUT2D eigenvalue weighted by Gasteiger charge is -2.33. The summed E-state index contributed by atoms with van der Waals surface area (Å²) in [7, 11) is 0. The zero-order valence-electron chi connectivity index (χ0n) is 17.7. The van der Waals surface area contributed by atoms with Crippen LogP contribution in [0.1, 0.15) is 66.0 Å². The largest absolute Gasteiger partial charge is 0.354 e. The smallest absolute Gasteiger partial charge is 0.254 e. The molecule has 0 spiro atoms. The van der Waals surface area contributed by atoms with Crippen LogP contribution < -0.4 is 5.32 Å². The molecule has 2 heterocycles. The second-order valence-electron chi connectivity index (χ2n) is 8.57. The molecule has 1 N–H and O–H groups in total. The van der Waals surface area contributed by atoms with Crippen molar-refractivity contribution in [3.05, 3.63) is 52.0 Å². The lowest BCUT2D eigenvalue weighted by molar-refractivity contribution is -0.125. The number of likely N-dealkylation sites (tertiary alicyclic amines) is 1. The first-order valence-corrected chi connectivity index (χ1v) is 12.1. The Labute approximate surface area is 182 Å². The van der Waals surface area contributed by atoms with Gasteiger partial charge in [0.25, 0.3) is 5.91 Å². The number of thiazole rings is 1. The summed E-state index contributed by atoms with van der Waals surface area (Å²) in [6.45, 7) is 2.67. The maximum atomic E-state index is 13.3. The molecule has 1 aromatic heterocycles. The number of fused-ring (bicyclic) bond motifs is 1. The third-order valence-electron chi connectivity index (χ3n) is 6.43.